The number of hydrogen-bond donors (Lipinski definition) is 0. The van der Waals surface area contributed by atoms with E-state index in [4.69, 9.17) is 4.74 Å². The molecule has 0 aromatic rings. The van der Waals surface area contributed by atoms with Crippen LogP contribution in [0, 0.1) is 0 Å². The molecule has 9 heavy (non-hydrogen) atoms. The van der Waals surface area contributed by atoms with Gasteiger partial charge in [-0.1, -0.05) is 6.08 Å². The summed E-state index contributed by atoms with van der Waals surface area (Å²) < 4.78 is 9.30. The maximum absolute atomic E-state index is 4.73. The standard InChI is InChI=1S/C5H10O2.BrH.Zn/c1-3-4-7-5-6-2;;/h3-4H,5H2,1-2H3;1H;/p-1/b4-3+;;. The largest absolute Gasteiger partial charge is 1.00 e. The van der Waals surface area contributed by atoms with Crippen LogP contribution in [0.25, 0.3) is 0 Å². The summed E-state index contributed by atoms with van der Waals surface area (Å²) >= 11 is 0. The van der Waals surface area contributed by atoms with E-state index in [0.717, 1.165) is 0 Å². The molecule has 0 saturated carbocycles. The molecule has 52 valence electrons. The average molecular weight is 247 g/mol. The molecular weight excluding hydrogens is 237 g/mol. The van der Waals surface area contributed by atoms with Gasteiger partial charge in [0.1, 0.15) is 0 Å². The fourth-order valence-electron chi connectivity index (χ4n) is 0.204. The third kappa shape index (κ3) is 17.7. The first-order valence-electron chi connectivity index (χ1n) is 2.13. The van der Waals surface area contributed by atoms with E-state index in [9.17, 15) is 0 Å². The molecule has 0 spiro atoms. The predicted molar refractivity (Wildman–Crippen MR) is 27.8 cm³/mol. The van der Waals surface area contributed by atoms with Crippen molar-refractivity contribution < 1.29 is 45.9 Å². The van der Waals surface area contributed by atoms with Crippen LogP contribution in [-0.4, -0.2) is 13.9 Å². The topological polar surface area (TPSA) is 18.5 Å². The first-order chi connectivity index (χ1) is 3.41. The molecule has 4 heteroatoms. The zero-order chi connectivity index (χ0) is 5.54. The molecule has 2 nitrogen and oxygen atoms in total. The van der Waals surface area contributed by atoms with E-state index >= 15 is 0 Å². The molecule has 0 heterocycles. The van der Waals surface area contributed by atoms with Gasteiger partial charge < -0.3 is 26.5 Å². The number of rotatable bonds is 3. The summed E-state index contributed by atoms with van der Waals surface area (Å²) in [7, 11) is 1.59. The molecule has 0 atom stereocenters. The molecule has 0 bridgehead atoms. The van der Waals surface area contributed by atoms with Gasteiger partial charge in [-0.25, -0.2) is 0 Å². The van der Waals surface area contributed by atoms with Crippen LogP contribution in [0.15, 0.2) is 12.3 Å². The quantitative estimate of drug-likeness (QED) is 0.252. The summed E-state index contributed by atoms with van der Waals surface area (Å²) in [6, 6.07) is 0. The predicted octanol–water partition coefficient (Wildman–Crippen LogP) is -1.86. The van der Waals surface area contributed by atoms with Crippen molar-refractivity contribution in [3.63, 3.8) is 0 Å². The van der Waals surface area contributed by atoms with Crippen molar-refractivity contribution in [1.82, 2.24) is 0 Å². The summed E-state index contributed by atoms with van der Waals surface area (Å²) in [5.41, 5.74) is 0. The minimum Gasteiger partial charge on any atom is -1.00 e. The summed E-state index contributed by atoms with van der Waals surface area (Å²) in [4.78, 5) is 0. The average Bonchev–Trinajstić information content (AvgIpc) is 1.69. The molecule has 0 rings (SSSR count). The van der Waals surface area contributed by atoms with Crippen LogP contribution in [0.1, 0.15) is 6.92 Å². The Balaban J connectivity index is -0.000000180. The van der Waals surface area contributed by atoms with Gasteiger partial charge >= 0.3 is 0 Å². The monoisotopic (exact) mass is 245 g/mol. The molecule has 0 saturated heterocycles. The minimum absolute atomic E-state index is 0. The van der Waals surface area contributed by atoms with Crippen molar-refractivity contribution in [2.24, 2.45) is 0 Å². The Kier molecular flexibility index (Phi) is 28.7. The van der Waals surface area contributed by atoms with E-state index in [1.807, 2.05) is 6.92 Å². The summed E-state index contributed by atoms with van der Waals surface area (Å²) in [6.45, 7) is 2.22. The Morgan fingerprint density at radius 1 is 1.44 bits per heavy atom. The molecule has 0 N–H and O–H groups in total. The SMILES string of the molecule is C/C=C/OCOC.[Br-].[Zn]. The summed E-state index contributed by atoms with van der Waals surface area (Å²) in [5, 5.41) is 0. The van der Waals surface area contributed by atoms with Gasteiger partial charge in [0.2, 0.25) is 0 Å². The Morgan fingerprint density at radius 2 is 2.00 bits per heavy atom. The number of methoxy groups -OCH3 is 1. The second-order valence-corrected chi connectivity index (χ2v) is 1.04. The third-order valence-electron chi connectivity index (χ3n) is 0.418. The van der Waals surface area contributed by atoms with Crippen LogP contribution in [-0.2, 0) is 29.0 Å². The Morgan fingerprint density at radius 3 is 2.33 bits per heavy atom. The second-order valence-electron chi connectivity index (χ2n) is 1.04. The number of allylic oxidation sites excluding steroid dienone is 1. The first-order valence-corrected chi connectivity index (χ1v) is 2.13. The molecule has 0 aromatic carbocycles. The van der Waals surface area contributed by atoms with E-state index in [1.54, 1.807) is 19.4 Å². The second kappa shape index (κ2) is 15.8. The molecule has 0 aliphatic carbocycles. The van der Waals surface area contributed by atoms with E-state index in [0.29, 0.717) is 6.79 Å². The number of hydrogen-bond acceptors (Lipinski definition) is 2. The van der Waals surface area contributed by atoms with Crippen molar-refractivity contribution in [1.29, 1.82) is 0 Å². The molecule has 0 aliphatic rings. The van der Waals surface area contributed by atoms with E-state index in [2.05, 4.69) is 4.74 Å². The van der Waals surface area contributed by atoms with Gasteiger partial charge in [0.05, 0.1) is 6.26 Å². The van der Waals surface area contributed by atoms with Crippen LogP contribution < -0.4 is 17.0 Å². The van der Waals surface area contributed by atoms with E-state index in [-0.39, 0.29) is 36.5 Å². The van der Waals surface area contributed by atoms with Crippen molar-refractivity contribution in [2.45, 2.75) is 6.92 Å². The van der Waals surface area contributed by atoms with Crippen LogP contribution in [0.3, 0.4) is 0 Å². The number of ether oxygens (including phenoxy) is 2. The molecule has 0 amide bonds. The molecule has 0 unspecified atom stereocenters. The third-order valence-corrected chi connectivity index (χ3v) is 0.418. The Labute approximate surface area is 79.1 Å². The van der Waals surface area contributed by atoms with Gasteiger partial charge in [0, 0.05) is 26.6 Å². The van der Waals surface area contributed by atoms with Gasteiger partial charge in [0.15, 0.2) is 6.79 Å². The van der Waals surface area contributed by atoms with Gasteiger partial charge in [-0.15, -0.1) is 0 Å². The summed E-state index contributed by atoms with van der Waals surface area (Å²) in [6.07, 6.45) is 3.39. The fraction of sp³-hybridized carbons (Fsp3) is 0.600. The Hall–Kier alpha value is 0.603. The van der Waals surface area contributed by atoms with E-state index in [1.165, 1.54) is 0 Å². The van der Waals surface area contributed by atoms with Crippen molar-refractivity contribution in [3.8, 4) is 0 Å². The normalized spacial score (nSPS) is 7.78. The van der Waals surface area contributed by atoms with Crippen molar-refractivity contribution in [2.75, 3.05) is 13.9 Å². The van der Waals surface area contributed by atoms with Gasteiger partial charge in [-0.05, 0) is 6.92 Å². The van der Waals surface area contributed by atoms with Gasteiger partial charge in [-0.3, -0.25) is 0 Å². The van der Waals surface area contributed by atoms with E-state index < -0.39 is 0 Å². The van der Waals surface area contributed by atoms with Crippen LogP contribution >= 0.6 is 0 Å². The van der Waals surface area contributed by atoms with Gasteiger partial charge in [-0.2, -0.15) is 0 Å². The minimum atomic E-state index is 0. The van der Waals surface area contributed by atoms with Crippen LogP contribution in [0.2, 0.25) is 0 Å². The van der Waals surface area contributed by atoms with Crippen LogP contribution in [0.4, 0.5) is 0 Å². The van der Waals surface area contributed by atoms with Crippen molar-refractivity contribution >= 4 is 0 Å². The van der Waals surface area contributed by atoms with Crippen LogP contribution in [0.5, 0.6) is 0 Å². The maximum Gasteiger partial charge on any atom is 0.187 e. The zero-order valence-corrected chi connectivity index (χ0v) is 10.3. The number of halogens is 1. The molecule has 0 aromatic heterocycles. The smallest absolute Gasteiger partial charge is 0.187 e. The molecule has 0 fully saturated rings. The van der Waals surface area contributed by atoms with Crippen molar-refractivity contribution in [3.05, 3.63) is 12.3 Å². The maximum atomic E-state index is 4.73. The summed E-state index contributed by atoms with van der Waals surface area (Å²) in [5.74, 6) is 0. The fourth-order valence-corrected chi connectivity index (χ4v) is 0.204. The first kappa shape index (κ1) is 16.3. The van der Waals surface area contributed by atoms with Gasteiger partial charge in [0.25, 0.3) is 0 Å². The molecule has 0 aliphatic heterocycles. The Bertz CT molecular complexity index is 58.9. The molecule has 0 radical (unpaired) electrons. The zero-order valence-electron chi connectivity index (χ0n) is 5.76. The molecular formula is C5H10BrO2Zn-.